The fourth-order valence-corrected chi connectivity index (χ4v) is 2.64. The van der Waals surface area contributed by atoms with Gasteiger partial charge >= 0.3 is 12.0 Å². The Bertz CT molecular complexity index is 559. The van der Waals surface area contributed by atoms with Crippen LogP contribution in [-0.4, -0.2) is 58.6 Å². The molecule has 1 aliphatic rings. The molecule has 8 nitrogen and oxygen atoms in total. The molecule has 1 aliphatic heterocycles. The number of aryl methyl sites for hydroxylation is 1. The minimum atomic E-state index is -1.14. The zero-order chi connectivity index (χ0) is 15.4. The quantitative estimate of drug-likeness (QED) is 0.700. The minimum absolute atomic E-state index is 0.0765. The topological polar surface area (TPSA) is 112 Å². The number of thiazole rings is 1. The summed E-state index contributed by atoms with van der Waals surface area (Å²) in [4.78, 5) is 39.7. The molecule has 1 unspecified atom stereocenters. The number of hydrogen-bond donors (Lipinski definition) is 3. The lowest BCUT2D eigenvalue weighted by atomic mass is 10.2. The van der Waals surface area contributed by atoms with E-state index in [-0.39, 0.29) is 19.0 Å². The van der Waals surface area contributed by atoms with Crippen molar-refractivity contribution in [2.24, 2.45) is 0 Å². The van der Waals surface area contributed by atoms with Crippen LogP contribution >= 0.6 is 11.3 Å². The van der Waals surface area contributed by atoms with Crippen molar-refractivity contribution in [3.05, 3.63) is 16.1 Å². The Morgan fingerprint density at radius 2 is 2.38 bits per heavy atom. The van der Waals surface area contributed by atoms with Crippen molar-refractivity contribution in [3.8, 4) is 0 Å². The zero-order valence-corrected chi connectivity index (χ0v) is 12.3. The normalized spacial score (nSPS) is 18.2. The molecule has 114 valence electrons. The van der Waals surface area contributed by atoms with Crippen molar-refractivity contribution in [1.82, 2.24) is 20.5 Å². The third kappa shape index (κ3) is 3.91. The van der Waals surface area contributed by atoms with Gasteiger partial charge in [0.15, 0.2) is 0 Å². The second-order valence-corrected chi connectivity index (χ2v) is 5.69. The van der Waals surface area contributed by atoms with Gasteiger partial charge in [-0.1, -0.05) is 0 Å². The summed E-state index contributed by atoms with van der Waals surface area (Å²) >= 11 is 1.53. The van der Waals surface area contributed by atoms with E-state index in [1.54, 1.807) is 0 Å². The summed E-state index contributed by atoms with van der Waals surface area (Å²) in [6.45, 7) is 1.91. The maximum absolute atomic E-state index is 12.0. The molecular formula is C12H16N4O4S. The second kappa shape index (κ2) is 6.53. The van der Waals surface area contributed by atoms with E-state index < -0.39 is 18.0 Å². The maximum atomic E-state index is 12.0. The zero-order valence-electron chi connectivity index (χ0n) is 11.5. The summed E-state index contributed by atoms with van der Waals surface area (Å²) in [5.41, 5.74) is 0.879. The van der Waals surface area contributed by atoms with Crippen LogP contribution in [0.25, 0.3) is 0 Å². The van der Waals surface area contributed by atoms with Crippen LogP contribution in [-0.2, 0) is 16.0 Å². The van der Waals surface area contributed by atoms with Crippen LogP contribution in [0.3, 0.4) is 0 Å². The first-order valence-corrected chi connectivity index (χ1v) is 7.30. The van der Waals surface area contributed by atoms with Gasteiger partial charge in [0.1, 0.15) is 12.6 Å². The summed E-state index contributed by atoms with van der Waals surface area (Å²) in [6, 6.07) is -1.59. The van der Waals surface area contributed by atoms with Crippen molar-refractivity contribution in [3.63, 3.8) is 0 Å². The van der Waals surface area contributed by atoms with Crippen molar-refractivity contribution in [1.29, 1.82) is 0 Å². The molecule has 2 rings (SSSR count). The smallest absolute Gasteiger partial charge is 0.328 e. The molecule has 0 aromatic carbocycles. The first kappa shape index (κ1) is 15.2. The van der Waals surface area contributed by atoms with E-state index in [1.807, 2.05) is 12.3 Å². The molecule has 1 atom stereocenters. The molecule has 1 saturated heterocycles. The summed E-state index contributed by atoms with van der Waals surface area (Å²) in [5, 5.41) is 17.0. The van der Waals surface area contributed by atoms with Crippen molar-refractivity contribution >= 4 is 29.2 Å². The van der Waals surface area contributed by atoms with Gasteiger partial charge in [0.05, 0.1) is 10.7 Å². The van der Waals surface area contributed by atoms with Gasteiger partial charge in [0.25, 0.3) is 0 Å². The van der Waals surface area contributed by atoms with Crippen molar-refractivity contribution < 1.29 is 19.5 Å². The number of carboxylic acids is 1. The maximum Gasteiger partial charge on any atom is 0.328 e. The van der Waals surface area contributed by atoms with Gasteiger partial charge in [0, 0.05) is 24.9 Å². The molecule has 0 spiro atoms. The second-order valence-electron chi connectivity index (χ2n) is 4.63. The predicted molar refractivity (Wildman–Crippen MR) is 75.1 cm³/mol. The number of aliphatic carboxylic acids is 1. The predicted octanol–water partition coefficient (Wildman–Crippen LogP) is -0.411. The third-order valence-corrected chi connectivity index (χ3v) is 3.87. The highest BCUT2D eigenvalue weighted by Crippen LogP contribution is 2.08. The monoisotopic (exact) mass is 312 g/mol. The SMILES string of the molecule is Cc1nc(CCNC(=O)N2CC(=O)NCC2C(=O)O)cs1. The molecule has 0 aliphatic carbocycles. The van der Waals surface area contributed by atoms with Crippen LogP contribution in [0, 0.1) is 6.92 Å². The number of carbonyl (C=O) groups is 3. The Balaban J connectivity index is 1.88. The minimum Gasteiger partial charge on any atom is -0.480 e. The van der Waals surface area contributed by atoms with Crippen molar-refractivity contribution in [2.75, 3.05) is 19.6 Å². The van der Waals surface area contributed by atoms with Gasteiger partial charge in [-0.25, -0.2) is 14.6 Å². The summed E-state index contributed by atoms with van der Waals surface area (Å²) in [6.07, 6.45) is 0.563. The standard InChI is InChI=1S/C12H16N4O4S/c1-7-15-8(6-21-7)2-3-13-12(20)16-5-10(17)14-4-9(16)11(18)19/h6,9H,2-5H2,1H3,(H,13,20)(H,14,17)(H,18,19). The Morgan fingerprint density at radius 1 is 1.62 bits per heavy atom. The summed E-state index contributed by atoms with van der Waals surface area (Å²) in [7, 11) is 0. The van der Waals surface area contributed by atoms with Gasteiger partial charge < -0.3 is 15.7 Å². The number of nitrogens with zero attached hydrogens (tertiary/aromatic N) is 2. The molecule has 0 radical (unpaired) electrons. The molecule has 2 heterocycles. The Labute approximate surface area is 125 Å². The Hall–Kier alpha value is -2.16. The molecule has 0 saturated carbocycles. The van der Waals surface area contributed by atoms with E-state index in [2.05, 4.69) is 15.6 Å². The van der Waals surface area contributed by atoms with E-state index in [4.69, 9.17) is 5.11 Å². The first-order chi connectivity index (χ1) is 9.97. The number of carbonyl (C=O) groups excluding carboxylic acids is 2. The van der Waals surface area contributed by atoms with Gasteiger partial charge in [-0.15, -0.1) is 11.3 Å². The average molecular weight is 312 g/mol. The number of piperazine rings is 1. The molecule has 21 heavy (non-hydrogen) atoms. The Morgan fingerprint density at radius 3 is 3.00 bits per heavy atom. The largest absolute Gasteiger partial charge is 0.480 e. The molecule has 1 fully saturated rings. The lowest BCUT2D eigenvalue weighted by molar-refractivity contribution is -0.144. The van der Waals surface area contributed by atoms with Crippen LogP contribution in [0.2, 0.25) is 0 Å². The fourth-order valence-electron chi connectivity index (χ4n) is 2.00. The highest BCUT2D eigenvalue weighted by atomic mass is 32.1. The molecule has 9 heteroatoms. The van der Waals surface area contributed by atoms with Crippen LogP contribution in [0.4, 0.5) is 4.79 Å². The molecule has 3 N–H and O–H groups in total. The van der Waals surface area contributed by atoms with Gasteiger partial charge in [0.2, 0.25) is 5.91 Å². The lowest BCUT2D eigenvalue weighted by Gasteiger charge is -2.32. The third-order valence-electron chi connectivity index (χ3n) is 3.05. The van der Waals surface area contributed by atoms with E-state index in [1.165, 1.54) is 11.3 Å². The highest BCUT2D eigenvalue weighted by molar-refractivity contribution is 7.09. The number of hydrogen-bond acceptors (Lipinski definition) is 5. The number of rotatable bonds is 4. The molecular weight excluding hydrogens is 296 g/mol. The summed E-state index contributed by atoms with van der Waals surface area (Å²) < 4.78 is 0. The van der Waals surface area contributed by atoms with E-state index >= 15 is 0 Å². The van der Waals surface area contributed by atoms with Crippen LogP contribution in [0.5, 0.6) is 0 Å². The number of nitrogens with one attached hydrogen (secondary N) is 2. The fraction of sp³-hybridized carbons (Fsp3) is 0.500. The lowest BCUT2D eigenvalue weighted by Crippen LogP contribution is -2.61. The Kier molecular flexibility index (Phi) is 4.73. The van der Waals surface area contributed by atoms with E-state index in [0.29, 0.717) is 13.0 Å². The molecule has 3 amide bonds. The van der Waals surface area contributed by atoms with Gasteiger partial charge in [-0.05, 0) is 6.92 Å². The number of carboxylic acid groups (broad SMARTS) is 1. The molecule has 0 bridgehead atoms. The van der Waals surface area contributed by atoms with Gasteiger partial charge in [-0.2, -0.15) is 0 Å². The van der Waals surface area contributed by atoms with Gasteiger partial charge in [-0.3, -0.25) is 9.69 Å². The highest BCUT2D eigenvalue weighted by Gasteiger charge is 2.34. The number of aromatic nitrogens is 1. The van der Waals surface area contributed by atoms with Crippen molar-refractivity contribution in [2.45, 2.75) is 19.4 Å². The number of urea groups is 1. The van der Waals surface area contributed by atoms with E-state index in [0.717, 1.165) is 15.6 Å². The van der Waals surface area contributed by atoms with Crippen LogP contribution in [0.1, 0.15) is 10.7 Å². The van der Waals surface area contributed by atoms with Crippen LogP contribution in [0.15, 0.2) is 5.38 Å². The molecule has 1 aromatic rings. The first-order valence-electron chi connectivity index (χ1n) is 6.42. The van der Waals surface area contributed by atoms with Crippen LogP contribution < -0.4 is 10.6 Å². The number of amides is 3. The van der Waals surface area contributed by atoms with E-state index in [9.17, 15) is 14.4 Å². The summed E-state index contributed by atoms with van der Waals surface area (Å²) in [5.74, 6) is -1.50. The average Bonchev–Trinajstić information content (AvgIpc) is 2.84. The molecule has 1 aromatic heterocycles.